The molecule has 1 saturated carbocycles. The second-order valence-electron chi connectivity index (χ2n) is 5.08. The van der Waals surface area contributed by atoms with Crippen LogP contribution in [0.1, 0.15) is 29.7 Å². The van der Waals surface area contributed by atoms with E-state index in [0.717, 1.165) is 16.8 Å². The van der Waals surface area contributed by atoms with E-state index in [9.17, 15) is 4.39 Å². The smallest absolute Gasteiger partial charge is 0.127 e. The maximum absolute atomic E-state index is 14.0. The Balaban J connectivity index is 1.67. The molecule has 1 aliphatic rings. The van der Waals surface area contributed by atoms with Crippen molar-refractivity contribution >= 4 is 0 Å². The highest BCUT2D eigenvalue weighted by Crippen LogP contribution is 2.20. The molecule has 0 spiro atoms. The van der Waals surface area contributed by atoms with E-state index < -0.39 is 0 Å². The fourth-order valence-electron chi connectivity index (χ4n) is 2.10. The third kappa shape index (κ3) is 3.38. The number of aromatic nitrogens is 1. The van der Waals surface area contributed by atoms with Crippen LogP contribution in [0.5, 0.6) is 0 Å². The van der Waals surface area contributed by atoms with Crippen molar-refractivity contribution in [1.82, 2.24) is 10.3 Å². The quantitative estimate of drug-likeness (QED) is 0.889. The predicted octanol–water partition coefficient (Wildman–Crippen LogP) is 3.06. The molecule has 1 aliphatic carbocycles. The lowest BCUT2D eigenvalue weighted by atomic mass is 10.1. The first-order valence-electron chi connectivity index (χ1n) is 6.72. The highest BCUT2D eigenvalue weighted by molar-refractivity contribution is 5.27. The number of nitrogens with zero attached hydrogens (tertiary/aromatic N) is 1. The summed E-state index contributed by atoms with van der Waals surface area (Å²) in [6, 6.07) is 11.9. The molecule has 0 atom stereocenters. The van der Waals surface area contributed by atoms with Crippen LogP contribution in [0.15, 0.2) is 42.6 Å². The Labute approximate surface area is 112 Å². The summed E-state index contributed by atoms with van der Waals surface area (Å²) in [4.78, 5) is 4.26. The molecule has 2 nitrogen and oxygen atoms in total. The molecular formula is C16H17FN2. The van der Waals surface area contributed by atoms with Gasteiger partial charge in [0.25, 0.3) is 0 Å². The number of benzene rings is 1. The van der Waals surface area contributed by atoms with Crippen LogP contribution in [0.25, 0.3) is 0 Å². The maximum Gasteiger partial charge on any atom is 0.127 e. The number of hydrogen-bond acceptors (Lipinski definition) is 2. The normalized spacial score (nSPS) is 14.6. The van der Waals surface area contributed by atoms with Crippen molar-refractivity contribution in [2.75, 3.05) is 0 Å². The average Bonchev–Trinajstić information content (AvgIpc) is 3.23. The third-order valence-corrected chi connectivity index (χ3v) is 3.39. The second-order valence-corrected chi connectivity index (χ2v) is 5.08. The fraction of sp³-hybridized carbons (Fsp3) is 0.312. The predicted molar refractivity (Wildman–Crippen MR) is 73.3 cm³/mol. The molecule has 3 heteroatoms. The van der Waals surface area contributed by atoms with Gasteiger partial charge >= 0.3 is 0 Å². The van der Waals surface area contributed by atoms with Gasteiger partial charge in [-0.3, -0.25) is 4.98 Å². The van der Waals surface area contributed by atoms with Crippen LogP contribution < -0.4 is 5.32 Å². The van der Waals surface area contributed by atoms with Gasteiger partial charge in [0.1, 0.15) is 5.82 Å². The molecule has 1 fully saturated rings. The van der Waals surface area contributed by atoms with Crippen molar-refractivity contribution in [1.29, 1.82) is 0 Å². The van der Waals surface area contributed by atoms with E-state index in [4.69, 9.17) is 0 Å². The van der Waals surface area contributed by atoms with Gasteiger partial charge in [0.05, 0.1) is 0 Å². The molecule has 98 valence electrons. The Morgan fingerprint density at radius 1 is 1.21 bits per heavy atom. The molecule has 3 rings (SSSR count). The lowest BCUT2D eigenvalue weighted by Crippen LogP contribution is -2.16. The van der Waals surface area contributed by atoms with Gasteiger partial charge < -0.3 is 5.32 Å². The molecular weight excluding hydrogens is 239 g/mol. The molecule has 19 heavy (non-hydrogen) atoms. The maximum atomic E-state index is 14.0. The van der Waals surface area contributed by atoms with Crippen molar-refractivity contribution in [2.24, 2.45) is 0 Å². The zero-order chi connectivity index (χ0) is 13.1. The van der Waals surface area contributed by atoms with Gasteiger partial charge in [-0.05, 0) is 36.6 Å². The van der Waals surface area contributed by atoms with Crippen molar-refractivity contribution in [3.05, 3.63) is 65.2 Å². The molecule has 0 aliphatic heterocycles. The van der Waals surface area contributed by atoms with E-state index in [2.05, 4.69) is 10.3 Å². The minimum absolute atomic E-state index is 0.124. The van der Waals surface area contributed by atoms with Crippen molar-refractivity contribution in [3.63, 3.8) is 0 Å². The van der Waals surface area contributed by atoms with Gasteiger partial charge in [-0.2, -0.15) is 0 Å². The Morgan fingerprint density at radius 3 is 2.79 bits per heavy atom. The van der Waals surface area contributed by atoms with Gasteiger partial charge in [0.2, 0.25) is 0 Å². The molecule has 2 aromatic rings. The first kappa shape index (κ1) is 12.3. The highest BCUT2D eigenvalue weighted by Gasteiger charge is 2.20. The number of nitrogens with one attached hydrogen (secondary N) is 1. The summed E-state index contributed by atoms with van der Waals surface area (Å²) in [5, 5.41) is 3.33. The van der Waals surface area contributed by atoms with E-state index in [1.54, 1.807) is 12.3 Å². The van der Waals surface area contributed by atoms with Crippen LogP contribution in [0.3, 0.4) is 0 Å². The Bertz CT molecular complexity index is 550. The summed E-state index contributed by atoms with van der Waals surface area (Å²) in [6.07, 6.45) is 4.88. The Kier molecular flexibility index (Phi) is 3.56. The van der Waals surface area contributed by atoms with Gasteiger partial charge in [0, 0.05) is 36.5 Å². The molecule has 0 saturated heterocycles. The summed E-state index contributed by atoms with van der Waals surface area (Å²) < 4.78 is 14.0. The summed E-state index contributed by atoms with van der Waals surface area (Å²) >= 11 is 0. The fourth-order valence-corrected chi connectivity index (χ4v) is 2.10. The molecule has 0 amide bonds. The Hall–Kier alpha value is -1.74. The van der Waals surface area contributed by atoms with Gasteiger partial charge in [0.15, 0.2) is 0 Å². The van der Waals surface area contributed by atoms with Crippen molar-refractivity contribution in [2.45, 2.75) is 31.8 Å². The second kappa shape index (κ2) is 5.49. The zero-order valence-corrected chi connectivity index (χ0v) is 10.8. The number of halogens is 1. The Morgan fingerprint density at radius 2 is 2.11 bits per heavy atom. The number of pyridine rings is 1. The van der Waals surface area contributed by atoms with Crippen LogP contribution in [0.2, 0.25) is 0 Å². The van der Waals surface area contributed by atoms with Gasteiger partial charge in [-0.15, -0.1) is 0 Å². The monoisotopic (exact) mass is 256 g/mol. The van der Waals surface area contributed by atoms with Crippen molar-refractivity contribution in [3.8, 4) is 0 Å². The van der Waals surface area contributed by atoms with E-state index >= 15 is 0 Å². The minimum Gasteiger partial charge on any atom is -0.310 e. The first-order valence-corrected chi connectivity index (χ1v) is 6.72. The number of hydrogen-bond donors (Lipinski definition) is 1. The van der Waals surface area contributed by atoms with E-state index in [1.807, 2.05) is 30.3 Å². The largest absolute Gasteiger partial charge is 0.310 e. The highest BCUT2D eigenvalue weighted by atomic mass is 19.1. The van der Waals surface area contributed by atoms with Crippen LogP contribution in [-0.4, -0.2) is 11.0 Å². The molecule has 0 unspecified atom stereocenters. The minimum atomic E-state index is -0.124. The number of rotatable bonds is 5. The topological polar surface area (TPSA) is 24.9 Å². The standard InChI is InChI=1S/C16H17FN2/c17-16-10-12(9-15-3-1-2-8-18-15)4-5-13(16)11-19-14-6-7-14/h1-5,8,10,14,19H,6-7,9,11H2. The van der Waals surface area contributed by atoms with Crippen molar-refractivity contribution < 1.29 is 4.39 Å². The zero-order valence-electron chi connectivity index (χ0n) is 10.8. The summed E-state index contributed by atoms with van der Waals surface area (Å²) in [7, 11) is 0. The summed E-state index contributed by atoms with van der Waals surface area (Å²) in [5.41, 5.74) is 2.67. The molecule has 0 radical (unpaired) electrons. The summed E-state index contributed by atoms with van der Waals surface area (Å²) in [5.74, 6) is -0.124. The molecule has 1 aromatic heterocycles. The van der Waals surface area contributed by atoms with Gasteiger partial charge in [-0.1, -0.05) is 18.2 Å². The molecule has 0 bridgehead atoms. The van der Waals surface area contributed by atoms with Crippen LogP contribution in [0, 0.1) is 5.82 Å². The summed E-state index contributed by atoms with van der Waals surface area (Å²) in [6.45, 7) is 0.625. The van der Waals surface area contributed by atoms with E-state index in [0.29, 0.717) is 19.0 Å². The van der Waals surface area contributed by atoms with Crippen LogP contribution >= 0.6 is 0 Å². The molecule has 1 aromatic carbocycles. The van der Waals surface area contributed by atoms with Gasteiger partial charge in [-0.25, -0.2) is 4.39 Å². The average molecular weight is 256 g/mol. The first-order chi connectivity index (χ1) is 9.31. The molecule has 1 heterocycles. The van der Waals surface area contributed by atoms with Crippen LogP contribution in [0.4, 0.5) is 4.39 Å². The van der Waals surface area contributed by atoms with Crippen LogP contribution in [-0.2, 0) is 13.0 Å². The lowest BCUT2D eigenvalue weighted by molar-refractivity contribution is 0.585. The van der Waals surface area contributed by atoms with E-state index in [-0.39, 0.29) is 5.82 Å². The third-order valence-electron chi connectivity index (χ3n) is 3.39. The lowest BCUT2D eigenvalue weighted by Gasteiger charge is -2.07. The van der Waals surface area contributed by atoms with E-state index in [1.165, 1.54) is 12.8 Å². The molecule has 1 N–H and O–H groups in total. The SMILES string of the molecule is Fc1cc(Cc2ccccn2)ccc1CNC1CC1.